The van der Waals surface area contributed by atoms with Gasteiger partial charge in [-0.15, -0.1) is 0 Å². The maximum Gasteiger partial charge on any atom is 0.251 e. The van der Waals surface area contributed by atoms with E-state index < -0.39 is 0 Å². The van der Waals surface area contributed by atoms with Crippen LogP contribution in [-0.4, -0.2) is 43.7 Å². The summed E-state index contributed by atoms with van der Waals surface area (Å²) in [6.07, 6.45) is 0.702. The van der Waals surface area contributed by atoms with Crippen molar-refractivity contribution < 1.29 is 14.3 Å². The molecular formula is C31H38N2O3. The van der Waals surface area contributed by atoms with Crippen molar-refractivity contribution in [3.63, 3.8) is 0 Å². The summed E-state index contributed by atoms with van der Waals surface area (Å²) in [5.74, 6) is 1.31. The molecule has 4 rings (SSSR count). The summed E-state index contributed by atoms with van der Waals surface area (Å²) < 4.78 is 12.0. The minimum Gasteiger partial charge on any atom is -0.491 e. The highest BCUT2D eigenvalue weighted by molar-refractivity contribution is 5.94. The van der Waals surface area contributed by atoms with Gasteiger partial charge in [0.05, 0.1) is 13.2 Å². The second-order valence-electron chi connectivity index (χ2n) is 10.1. The van der Waals surface area contributed by atoms with Gasteiger partial charge in [0.25, 0.3) is 5.91 Å². The lowest BCUT2D eigenvalue weighted by Gasteiger charge is -2.25. The number of aryl methyl sites for hydroxylation is 1. The molecule has 3 aromatic rings. The summed E-state index contributed by atoms with van der Waals surface area (Å²) in [6.45, 7) is 11.6. The van der Waals surface area contributed by atoms with Crippen LogP contribution in [0.2, 0.25) is 0 Å². The largest absolute Gasteiger partial charge is 0.491 e. The van der Waals surface area contributed by atoms with Gasteiger partial charge >= 0.3 is 0 Å². The second kappa shape index (κ2) is 12.7. The predicted octanol–water partition coefficient (Wildman–Crippen LogP) is 5.38. The third-order valence-corrected chi connectivity index (χ3v) is 6.35. The van der Waals surface area contributed by atoms with E-state index >= 15 is 0 Å². The van der Waals surface area contributed by atoms with Crippen LogP contribution in [0.3, 0.4) is 0 Å². The first-order valence-electron chi connectivity index (χ1n) is 12.9. The number of amides is 1. The summed E-state index contributed by atoms with van der Waals surface area (Å²) >= 11 is 0. The third kappa shape index (κ3) is 7.67. The predicted molar refractivity (Wildman–Crippen MR) is 144 cm³/mol. The highest BCUT2D eigenvalue weighted by atomic mass is 16.5. The summed E-state index contributed by atoms with van der Waals surface area (Å²) in [6, 6.07) is 22.7. The minimum atomic E-state index is -0.0841. The summed E-state index contributed by atoms with van der Waals surface area (Å²) in [5.41, 5.74) is 6.44. The highest BCUT2D eigenvalue weighted by Gasteiger charge is 2.14. The van der Waals surface area contributed by atoms with E-state index in [0.717, 1.165) is 36.5 Å². The molecule has 1 heterocycles. The van der Waals surface area contributed by atoms with Crippen molar-refractivity contribution >= 4 is 5.91 Å². The first-order valence-corrected chi connectivity index (χ1v) is 12.9. The van der Waals surface area contributed by atoms with Crippen molar-refractivity contribution in [1.82, 2.24) is 10.2 Å². The number of carbonyl (C=O) groups excluding carboxylic acids is 1. The van der Waals surface area contributed by atoms with E-state index in [1.165, 1.54) is 16.7 Å². The van der Waals surface area contributed by atoms with Crippen LogP contribution in [-0.2, 0) is 24.2 Å². The summed E-state index contributed by atoms with van der Waals surface area (Å²) in [4.78, 5) is 15.4. The average molecular weight is 487 g/mol. The number of benzene rings is 3. The van der Waals surface area contributed by atoms with Crippen molar-refractivity contribution in [3.8, 4) is 5.75 Å². The number of hydrogen-bond donors (Lipinski definition) is 1. The van der Waals surface area contributed by atoms with Crippen LogP contribution in [0.4, 0.5) is 0 Å². The zero-order valence-corrected chi connectivity index (χ0v) is 21.8. The molecule has 0 unspecified atom stereocenters. The van der Waals surface area contributed by atoms with Gasteiger partial charge in [-0.25, -0.2) is 0 Å². The molecule has 0 atom stereocenters. The van der Waals surface area contributed by atoms with Gasteiger partial charge in [-0.1, -0.05) is 67.9 Å². The molecule has 0 aromatic heterocycles. The van der Waals surface area contributed by atoms with Crippen LogP contribution >= 0.6 is 0 Å². The maximum absolute atomic E-state index is 13.0. The first-order chi connectivity index (χ1) is 17.5. The fraction of sp³-hybridized carbons (Fsp3) is 0.387. The molecule has 0 radical (unpaired) electrons. The Morgan fingerprint density at radius 1 is 0.972 bits per heavy atom. The van der Waals surface area contributed by atoms with Crippen molar-refractivity contribution in [2.24, 2.45) is 5.92 Å². The van der Waals surface area contributed by atoms with Crippen LogP contribution in [0.1, 0.15) is 52.0 Å². The van der Waals surface area contributed by atoms with E-state index in [0.29, 0.717) is 44.3 Å². The second-order valence-corrected chi connectivity index (χ2v) is 10.1. The Labute approximate surface area is 215 Å². The number of nitrogens with one attached hydrogen (secondary N) is 1. The smallest absolute Gasteiger partial charge is 0.251 e. The van der Waals surface area contributed by atoms with Crippen molar-refractivity contribution in [2.75, 3.05) is 32.9 Å². The highest BCUT2D eigenvalue weighted by Crippen LogP contribution is 2.25. The van der Waals surface area contributed by atoms with E-state index in [9.17, 15) is 4.79 Å². The molecule has 0 fully saturated rings. The van der Waals surface area contributed by atoms with E-state index in [1.807, 2.05) is 30.3 Å². The van der Waals surface area contributed by atoms with Crippen molar-refractivity contribution in [2.45, 2.75) is 40.3 Å². The van der Waals surface area contributed by atoms with Crippen LogP contribution in [0.15, 0.2) is 66.7 Å². The molecule has 1 aliphatic heterocycles. The molecule has 2 bridgehead atoms. The molecule has 1 N–H and O–H groups in total. The van der Waals surface area contributed by atoms with Crippen LogP contribution in [0.25, 0.3) is 0 Å². The first kappa shape index (κ1) is 25.9. The molecular weight excluding hydrogens is 448 g/mol. The number of hydrogen-bond acceptors (Lipinski definition) is 4. The van der Waals surface area contributed by atoms with Gasteiger partial charge < -0.3 is 14.8 Å². The Morgan fingerprint density at radius 3 is 2.58 bits per heavy atom. The summed E-state index contributed by atoms with van der Waals surface area (Å²) in [7, 11) is 0. The topological polar surface area (TPSA) is 50.8 Å². The molecule has 1 amide bonds. The van der Waals surface area contributed by atoms with Crippen molar-refractivity contribution in [3.05, 3.63) is 100 Å². The van der Waals surface area contributed by atoms with Gasteiger partial charge in [-0.05, 0) is 53.3 Å². The summed E-state index contributed by atoms with van der Waals surface area (Å²) in [5, 5.41) is 3.05. The van der Waals surface area contributed by atoms with Gasteiger partial charge in [0, 0.05) is 38.2 Å². The molecule has 0 spiro atoms. The van der Waals surface area contributed by atoms with Gasteiger partial charge in [0.15, 0.2) is 0 Å². The molecule has 0 aliphatic carbocycles. The van der Waals surface area contributed by atoms with Crippen LogP contribution in [0, 0.1) is 12.8 Å². The fourth-order valence-electron chi connectivity index (χ4n) is 4.56. The Hall–Kier alpha value is -3.15. The molecule has 0 saturated carbocycles. The number of fused-ring (bicyclic) bond motifs is 3. The van der Waals surface area contributed by atoms with E-state index in [-0.39, 0.29) is 5.91 Å². The number of nitrogens with zero attached hydrogens (tertiary/aromatic N) is 1. The van der Waals surface area contributed by atoms with E-state index in [4.69, 9.17) is 9.47 Å². The third-order valence-electron chi connectivity index (χ3n) is 6.35. The molecule has 1 aliphatic rings. The Bertz CT molecular complexity index is 1140. The van der Waals surface area contributed by atoms with Crippen LogP contribution in [0.5, 0.6) is 5.75 Å². The van der Waals surface area contributed by atoms with Crippen LogP contribution < -0.4 is 10.1 Å². The Morgan fingerprint density at radius 2 is 1.78 bits per heavy atom. The average Bonchev–Trinajstić information content (AvgIpc) is 2.85. The van der Waals surface area contributed by atoms with Crippen molar-refractivity contribution in [1.29, 1.82) is 0 Å². The maximum atomic E-state index is 13.0. The standard InChI is InChI=1S/C31H38N2O3/c1-23(2)21-33-13-14-35-15-16-36-30-12-11-28(31(34)32-20-25-9-7-24(3)8-10-25)19-29(30)18-26-5-4-6-27(17-26)22-33/h4-12,17,19,23H,13-16,18,20-22H2,1-3H3,(H,32,34). The Kier molecular flexibility index (Phi) is 9.15. The Balaban J connectivity index is 1.53. The molecule has 5 nitrogen and oxygen atoms in total. The SMILES string of the molecule is Cc1ccc(CNC(=O)c2ccc3c(c2)Cc2cccc(c2)CN(CC(C)C)CCOCCO3)cc1. The molecule has 5 heteroatoms. The lowest BCUT2D eigenvalue weighted by molar-refractivity contribution is 0.0746. The lowest BCUT2D eigenvalue weighted by Crippen LogP contribution is -2.31. The minimum absolute atomic E-state index is 0.0841. The normalized spacial score (nSPS) is 15.0. The quantitative estimate of drug-likeness (QED) is 0.526. The zero-order valence-electron chi connectivity index (χ0n) is 21.8. The molecule has 0 saturated heterocycles. The zero-order chi connectivity index (χ0) is 25.3. The van der Waals surface area contributed by atoms with E-state index in [1.54, 1.807) is 0 Å². The fourth-order valence-corrected chi connectivity index (χ4v) is 4.56. The van der Waals surface area contributed by atoms with E-state index in [2.05, 4.69) is 67.4 Å². The molecule has 190 valence electrons. The number of rotatable bonds is 5. The van der Waals surface area contributed by atoms with Gasteiger partial charge in [0.1, 0.15) is 12.4 Å². The molecule has 3 aromatic carbocycles. The van der Waals surface area contributed by atoms with Gasteiger partial charge in [-0.3, -0.25) is 9.69 Å². The monoisotopic (exact) mass is 486 g/mol. The van der Waals surface area contributed by atoms with Gasteiger partial charge in [-0.2, -0.15) is 0 Å². The lowest BCUT2D eigenvalue weighted by atomic mass is 9.99. The number of carbonyl (C=O) groups is 1. The number of ether oxygens (including phenoxy) is 2. The molecule has 36 heavy (non-hydrogen) atoms. The van der Waals surface area contributed by atoms with Gasteiger partial charge in [0.2, 0.25) is 0 Å².